The number of nitrogens with zero attached hydrogens (tertiary/aromatic N) is 1. The van der Waals surface area contributed by atoms with Crippen molar-refractivity contribution in [2.75, 3.05) is 4.90 Å². The molecule has 0 radical (unpaired) electrons. The van der Waals surface area contributed by atoms with Crippen molar-refractivity contribution < 1.29 is 4.42 Å². The van der Waals surface area contributed by atoms with Crippen LogP contribution in [-0.4, -0.2) is 0 Å². The first-order chi connectivity index (χ1) is 23.8. The first kappa shape index (κ1) is 26.8. The molecule has 0 saturated carbocycles. The Balaban J connectivity index is 1.19. The summed E-state index contributed by atoms with van der Waals surface area (Å²) in [5, 5.41) is 12.2. The summed E-state index contributed by atoms with van der Waals surface area (Å²) in [4.78, 5) is 2.38. The third-order valence-electron chi connectivity index (χ3n) is 9.76. The molecule has 2 heteroatoms. The molecule has 0 aliphatic carbocycles. The Morgan fingerprint density at radius 2 is 0.958 bits per heavy atom. The normalized spacial score (nSPS) is 11.8. The number of furan rings is 1. The Kier molecular flexibility index (Phi) is 5.91. The lowest BCUT2D eigenvalue weighted by atomic mass is 9.96. The molecule has 9 aromatic carbocycles. The molecule has 0 bridgehead atoms. The summed E-state index contributed by atoms with van der Waals surface area (Å²) in [7, 11) is 0. The molecule has 0 N–H and O–H groups in total. The van der Waals surface area contributed by atoms with Crippen LogP contribution >= 0.6 is 0 Å². The molecule has 1 aromatic heterocycles. The number of hydrogen-bond acceptors (Lipinski definition) is 2. The Hall–Kier alpha value is -6.38. The van der Waals surface area contributed by atoms with Crippen LogP contribution in [-0.2, 0) is 0 Å². The maximum Gasteiger partial charge on any atom is 0.136 e. The highest BCUT2D eigenvalue weighted by Gasteiger charge is 2.17. The molecule has 0 spiro atoms. The van der Waals surface area contributed by atoms with Gasteiger partial charge in [0.25, 0.3) is 0 Å². The van der Waals surface area contributed by atoms with Gasteiger partial charge in [0.05, 0.1) is 0 Å². The fourth-order valence-corrected chi connectivity index (χ4v) is 7.46. The molecule has 0 aliphatic rings. The second-order valence-electron chi connectivity index (χ2n) is 12.6. The van der Waals surface area contributed by atoms with Crippen molar-refractivity contribution >= 4 is 82.1 Å². The SMILES string of the molecule is c1ccc(-c2cccc(N(c3ccc4cc5c(cc4c3)oc3ccccc35)c3ccc4c(ccc5ccc6ccccc6c54)c3)c2)cc1. The minimum atomic E-state index is 0.906. The molecule has 0 amide bonds. The van der Waals surface area contributed by atoms with Crippen LogP contribution < -0.4 is 4.90 Å². The molecule has 0 unspecified atom stereocenters. The number of fused-ring (bicyclic) bond motifs is 9. The zero-order valence-corrected chi connectivity index (χ0v) is 26.1. The van der Waals surface area contributed by atoms with Gasteiger partial charge < -0.3 is 9.32 Å². The van der Waals surface area contributed by atoms with Crippen LogP contribution in [0.2, 0.25) is 0 Å². The van der Waals surface area contributed by atoms with Gasteiger partial charge in [-0.2, -0.15) is 0 Å². The average molecular weight is 612 g/mol. The average Bonchev–Trinajstić information content (AvgIpc) is 3.51. The molecule has 224 valence electrons. The molecule has 2 nitrogen and oxygen atoms in total. The second kappa shape index (κ2) is 10.6. The van der Waals surface area contributed by atoms with Gasteiger partial charge in [-0.25, -0.2) is 0 Å². The fraction of sp³-hybridized carbons (Fsp3) is 0. The smallest absolute Gasteiger partial charge is 0.136 e. The number of rotatable bonds is 4. The number of hydrogen-bond donors (Lipinski definition) is 0. The van der Waals surface area contributed by atoms with E-state index in [-0.39, 0.29) is 0 Å². The van der Waals surface area contributed by atoms with E-state index >= 15 is 0 Å². The highest BCUT2D eigenvalue weighted by atomic mass is 16.3. The first-order valence-electron chi connectivity index (χ1n) is 16.4. The lowest BCUT2D eigenvalue weighted by molar-refractivity contribution is 0.669. The summed E-state index contributed by atoms with van der Waals surface area (Å²) < 4.78 is 6.30. The standard InChI is InChI=1S/C46H29NO/c1-2-9-30(10-3-1)33-12-8-13-37(25-33)47(38-22-21-34-28-43-42-15-6-7-16-44(42)48-45(43)29-36(34)27-38)39-23-24-41-35(26-39)20-19-32-18-17-31-11-4-5-14-40(31)46(32)41/h1-29H. The fourth-order valence-electron chi connectivity index (χ4n) is 7.46. The van der Waals surface area contributed by atoms with Crippen molar-refractivity contribution in [3.63, 3.8) is 0 Å². The molecule has 0 aliphatic heterocycles. The van der Waals surface area contributed by atoms with Gasteiger partial charge in [0, 0.05) is 27.8 Å². The zero-order valence-electron chi connectivity index (χ0n) is 26.1. The molecule has 1 heterocycles. The Morgan fingerprint density at radius 3 is 1.85 bits per heavy atom. The van der Waals surface area contributed by atoms with Crippen LogP contribution in [0.1, 0.15) is 0 Å². The maximum atomic E-state index is 6.30. The summed E-state index contributed by atoms with van der Waals surface area (Å²) in [6, 6.07) is 63.5. The predicted octanol–water partition coefficient (Wildman–Crippen LogP) is 13.3. The van der Waals surface area contributed by atoms with Crippen LogP contribution in [0.25, 0.3) is 76.2 Å². The van der Waals surface area contributed by atoms with Gasteiger partial charge in [-0.05, 0) is 109 Å². The molecule has 0 saturated heterocycles. The molecule has 10 aromatic rings. The minimum absolute atomic E-state index is 0.906. The largest absolute Gasteiger partial charge is 0.456 e. The van der Waals surface area contributed by atoms with Crippen molar-refractivity contribution in [1.82, 2.24) is 0 Å². The monoisotopic (exact) mass is 611 g/mol. The molecule has 10 rings (SSSR count). The molecular formula is C46H29NO. The third-order valence-corrected chi connectivity index (χ3v) is 9.76. The quantitative estimate of drug-likeness (QED) is 0.184. The number of para-hydroxylation sites is 1. The van der Waals surface area contributed by atoms with Gasteiger partial charge in [0.2, 0.25) is 0 Å². The van der Waals surface area contributed by atoms with E-state index in [0.29, 0.717) is 0 Å². The van der Waals surface area contributed by atoms with Crippen molar-refractivity contribution in [3.05, 3.63) is 176 Å². The van der Waals surface area contributed by atoms with Crippen molar-refractivity contribution in [2.24, 2.45) is 0 Å². The van der Waals surface area contributed by atoms with Crippen LogP contribution in [0.4, 0.5) is 17.1 Å². The van der Waals surface area contributed by atoms with Gasteiger partial charge >= 0.3 is 0 Å². The van der Waals surface area contributed by atoms with Gasteiger partial charge in [0.1, 0.15) is 11.2 Å². The number of benzene rings is 9. The van der Waals surface area contributed by atoms with Gasteiger partial charge in [0.15, 0.2) is 0 Å². The Bertz CT molecular complexity index is 2850. The van der Waals surface area contributed by atoms with Crippen molar-refractivity contribution in [3.8, 4) is 11.1 Å². The summed E-state index contributed by atoms with van der Waals surface area (Å²) in [6.07, 6.45) is 0. The van der Waals surface area contributed by atoms with Gasteiger partial charge in [-0.15, -0.1) is 0 Å². The van der Waals surface area contributed by atoms with E-state index in [1.165, 1.54) is 48.8 Å². The van der Waals surface area contributed by atoms with E-state index in [1.807, 2.05) is 12.1 Å². The Morgan fingerprint density at radius 1 is 0.312 bits per heavy atom. The Labute approximate surface area is 277 Å². The summed E-state index contributed by atoms with van der Waals surface area (Å²) in [5.41, 5.74) is 7.50. The van der Waals surface area contributed by atoms with Gasteiger partial charge in [-0.3, -0.25) is 0 Å². The van der Waals surface area contributed by atoms with E-state index in [2.05, 4.69) is 169 Å². The molecule has 48 heavy (non-hydrogen) atoms. The predicted molar refractivity (Wildman–Crippen MR) is 204 cm³/mol. The lowest BCUT2D eigenvalue weighted by Gasteiger charge is -2.27. The van der Waals surface area contributed by atoms with Crippen LogP contribution in [0, 0.1) is 0 Å². The van der Waals surface area contributed by atoms with E-state index in [1.54, 1.807) is 0 Å². The highest BCUT2D eigenvalue weighted by molar-refractivity contribution is 6.20. The summed E-state index contributed by atoms with van der Waals surface area (Å²) >= 11 is 0. The highest BCUT2D eigenvalue weighted by Crippen LogP contribution is 2.41. The maximum absolute atomic E-state index is 6.30. The third kappa shape index (κ3) is 4.27. The topological polar surface area (TPSA) is 16.4 Å². The van der Waals surface area contributed by atoms with Crippen LogP contribution in [0.3, 0.4) is 0 Å². The molecule has 0 atom stereocenters. The van der Waals surface area contributed by atoms with Crippen LogP contribution in [0.15, 0.2) is 180 Å². The van der Waals surface area contributed by atoms with Crippen molar-refractivity contribution in [2.45, 2.75) is 0 Å². The van der Waals surface area contributed by atoms with Crippen molar-refractivity contribution in [1.29, 1.82) is 0 Å². The van der Waals surface area contributed by atoms with E-state index in [9.17, 15) is 0 Å². The van der Waals surface area contributed by atoms with E-state index in [4.69, 9.17) is 4.42 Å². The first-order valence-corrected chi connectivity index (χ1v) is 16.4. The zero-order chi connectivity index (χ0) is 31.6. The summed E-state index contributed by atoms with van der Waals surface area (Å²) in [5.74, 6) is 0. The molecular weight excluding hydrogens is 583 g/mol. The van der Waals surface area contributed by atoms with Gasteiger partial charge in [-0.1, -0.05) is 121 Å². The summed E-state index contributed by atoms with van der Waals surface area (Å²) in [6.45, 7) is 0. The van der Waals surface area contributed by atoms with E-state index < -0.39 is 0 Å². The van der Waals surface area contributed by atoms with Crippen LogP contribution in [0.5, 0.6) is 0 Å². The lowest BCUT2D eigenvalue weighted by Crippen LogP contribution is -2.10. The van der Waals surface area contributed by atoms with E-state index in [0.717, 1.165) is 44.4 Å². The molecule has 0 fully saturated rings. The number of anilines is 3. The minimum Gasteiger partial charge on any atom is -0.456 e. The second-order valence-corrected chi connectivity index (χ2v) is 12.6.